The van der Waals surface area contributed by atoms with Crippen molar-refractivity contribution in [2.45, 2.75) is 43.0 Å². The van der Waals surface area contributed by atoms with Crippen molar-refractivity contribution >= 4 is 11.6 Å². The van der Waals surface area contributed by atoms with Crippen LogP contribution in [0.4, 0.5) is 18.9 Å². The van der Waals surface area contributed by atoms with Crippen molar-refractivity contribution in [3.63, 3.8) is 0 Å². The molecule has 0 aromatic heterocycles. The zero-order valence-electron chi connectivity index (χ0n) is 14.7. The van der Waals surface area contributed by atoms with E-state index in [2.05, 4.69) is 5.11 Å². The molecule has 5 atom stereocenters. The summed E-state index contributed by atoms with van der Waals surface area (Å²) in [5.41, 5.74) is 3.27. The zero-order valence-corrected chi connectivity index (χ0v) is 14.7. The second kappa shape index (κ2) is 5.18. The van der Waals surface area contributed by atoms with Gasteiger partial charge in [0.15, 0.2) is 5.54 Å². The van der Waals surface area contributed by atoms with Gasteiger partial charge in [0.25, 0.3) is 5.91 Å². The van der Waals surface area contributed by atoms with Crippen LogP contribution in [0.15, 0.2) is 35.5 Å². The lowest BCUT2D eigenvalue weighted by Gasteiger charge is -2.37. The number of fused-ring (bicyclic) bond motifs is 5. The molecule has 1 aromatic carbocycles. The summed E-state index contributed by atoms with van der Waals surface area (Å²) in [7, 11) is 0. The van der Waals surface area contributed by atoms with E-state index in [4.69, 9.17) is 10.00 Å². The van der Waals surface area contributed by atoms with E-state index < -0.39 is 52.1 Å². The fourth-order valence-electron chi connectivity index (χ4n) is 4.74. The summed E-state index contributed by atoms with van der Waals surface area (Å²) in [6.45, 7) is 3.12. The minimum Gasteiger partial charge on any atom is -0.711 e. The van der Waals surface area contributed by atoms with Gasteiger partial charge in [-0.15, -0.1) is 0 Å². The number of halogens is 3. The molecule has 2 fully saturated rings. The van der Waals surface area contributed by atoms with E-state index in [-0.39, 0.29) is 5.69 Å². The van der Waals surface area contributed by atoms with Crippen LogP contribution >= 0.6 is 0 Å². The first-order valence-electron chi connectivity index (χ1n) is 8.35. The molecular formula is C18H14F3N4O3-. The molecule has 28 heavy (non-hydrogen) atoms. The molecule has 0 spiro atoms. The summed E-state index contributed by atoms with van der Waals surface area (Å²) < 4.78 is 45.8. The lowest BCUT2D eigenvalue weighted by Crippen LogP contribution is -2.55. The van der Waals surface area contributed by atoms with Gasteiger partial charge in [-0.05, 0) is 32.0 Å². The number of rotatable bonds is 2. The fourth-order valence-corrected chi connectivity index (χ4v) is 4.74. The van der Waals surface area contributed by atoms with Gasteiger partial charge in [0, 0.05) is 5.69 Å². The Hall–Kier alpha value is -2.77. The number of nitrogens with zero attached hydrogens (tertiary/aromatic N) is 4. The number of aliphatic hydroxyl groups is 1. The van der Waals surface area contributed by atoms with Gasteiger partial charge in [-0.2, -0.15) is 18.4 Å². The van der Waals surface area contributed by atoms with Gasteiger partial charge < -0.3 is 20.5 Å². The molecule has 4 rings (SSSR count). The average molecular weight is 391 g/mol. The molecule has 1 amide bonds. The summed E-state index contributed by atoms with van der Waals surface area (Å²) in [5.74, 6) is -1.93. The van der Waals surface area contributed by atoms with Crippen LogP contribution < -0.4 is 4.90 Å². The highest BCUT2D eigenvalue weighted by molar-refractivity contribution is 6.06. The number of hydrogen-bond acceptors (Lipinski definition) is 5. The molecule has 1 N–H and O–H groups in total. The van der Waals surface area contributed by atoms with E-state index in [1.54, 1.807) is 19.1 Å². The molecule has 3 aliphatic heterocycles. The third-order valence-electron chi connectivity index (χ3n) is 5.96. The molecule has 3 aliphatic rings. The first kappa shape index (κ1) is 18.6. The highest BCUT2D eigenvalue weighted by Gasteiger charge is 2.78. The molecule has 7 nitrogen and oxygen atoms in total. The zero-order chi connectivity index (χ0) is 20.7. The van der Waals surface area contributed by atoms with Gasteiger partial charge >= 0.3 is 6.18 Å². The number of carbonyl (C=O) groups excluding carboxylic acids is 1. The Morgan fingerprint density at radius 3 is 2.57 bits per heavy atom. The molecule has 2 unspecified atom stereocenters. The maximum absolute atomic E-state index is 13.3. The number of alkyl halides is 3. The number of ether oxygens (including phenoxy) is 1. The van der Waals surface area contributed by atoms with Crippen molar-refractivity contribution in [3.8, 4) is 6.07 Å². The second-order valence-electron chi connectivity index (χ2n) is 7.50. The van der Waals surface area contributed by atoms with Crippen LogP contribution in [-0.4, -0.2) is 34.0 Å². The fraction of sp³-hybridized carbons (Fsp3) is 0.444. The van der Waals surface area contributed by atoms with Gasteiger partial charge in [0.05, 0.1) is 28.7 Å². The predicted molar refractivity (Wildman–Crippen MR) is 88.7 cm³/mol. The highest BCUT2D eigenvalue weighted by atomic mass is 19.4. The summed E-state index contributed by atoms with van der Waals surface area (Å²) in [6.07, 6.45) is -3.24. The van der Waals surface area contributed by atoms with E-state index in [9.17, 15) is 28.6 Å². The maximum atomic E-state index is 13.3. The SMILES string of the molecule is CC12C=C[C@@](C)(O1)[C@]1(N=[N-])C(=O)N(c3ccc(C#N)c(C(F)(F)F)c3)[C@H](O)C21. The van der Waals surface area contributed by atoms with Crippen molar-refractivity contribution in [1.29, 1.82) is 5.26 Å². The molecule has 1 aromatic rings. The van der Waals surface area contributed by atoms with Crippen LogP contribution in [0.2, 0.25) is 0 Å². The number of amides is 1. The number of carbonyl (C=O) groups is 1. The Labute approximate surface area is 157 Å². The van der Waals surface area contributed by atoms with Gasteiger partial charge in [-0.3, -0.25) is 9.69 Å². The molecular weight excluding hydrogens is 377 g/mol. The van der Waals surface area contributed by atoms with Crippen molar-refractivity contribution < 1.29 is 27.8 Å². The Morgan fingerprint density at radius 2 is 2.04 bits per heavy atom. The number of aliphatic hydroxyl groups excluding tert-OH is 1. The summed E-state index contributed by atoms with van der Waals surface area (Å²) in [5, 5.41) is 23.1. The van der Waals surface area contributed by atoms with Crippen LogP contribution in [0.3, 0.4) is 0 Å². The standard InChI is InChI=1S/C18H14F3N4O3/c1-15-5-6-16(2,28-15)17(24-23)12(15)13(26)25(14(17)27)10-4-3-9(8-22)11(7-10)18(19,20)21/h3-7,12-13,26H,1-2H3/q-1/t12?,13-,15?,16-,17-/m1/s1. The molecule has 0 saturated carbocycles. The Morgan fingerprint density at radius 1 is 1.36 bits per heavy atom. The summed E-state index contributed by atoms with van der Waals surface area (Å²) in [6, 6.07) is 4.17. The largest absolute Gasteiger partial charge is 0.711 e. The lowest BCUT2D eigenvalue weighted by molar-refractivity contribution is -0.138. The number of anilines is 1. The Balaban J connectivity index is 1.88. The number of nitriles is 1. The highest BCUT2D eigenvalue weighted by Crippen LogP contribution is 2.62. The second-order valence-corrected chi connectivity index (χ2v) is 7.50. The third kappa shape index (κ3) is 1.92. The van der Waals surface area contributed by atoms with Crippen molar-refractivity contribution in [3.05, 3.63) is 47.0 Å². The predicted octanol–water partition coefficient (Wildman–Crippen LogP) is 2.74. The lowest BCUT2D eigenvalue weighted by atomic mass is 9.67. The van der Waals surface area contributed by atoms with E-state index in [0.29, 0.717) is 6.07 Å². The Bertz CT molecular complexity index is 987. The minimum absolute atomic E-state index is 0.257. The van der Waals surface area contributed by atoms with Crippen LogP contribution in [0.5, 0.6) is 0 Å². The normalized spacial score (nSPS) is 38.6. The first-order chi connectivity index (χ1) is 12.9. The average Bonchev–Trinajstić information content (AvgIpc) is 3.14. The molecule has 3 heterocycles. The molecule has 2 saturated heterocycles. The van der Waals surface area contributed by atoms with Crippen LogP contribution in [0.25, 0.3) is 5.53 Å². The number of benzene rings is 1. The van der Waals surface area contributed by atoms with Gasteiger partial charge in [-0.1, -0.05) is 12.2 Å². The van der Waals surface area contributed by atoms with Crippen molar-refractivity contribution in [2.24, 2.45) is 11.0 Å². The third-order valence-corrected chi connectivity index (χ3v) is 5.96. The molecule has 0 aliphatic carbocycles. The summed E-state index contributed by atoms with van der Waals surface area (Å²) >= 11 is 0. The van der Waals surface area contributed by atoms with E-state index in [1.807, 2.05) is 0 Å². The molecule has 0 radical (unpaired) electrons. The van der Waals surface area contributed by atoms with Gasteiger partial charge in [0.1, 0.15) is 11.8 Å². The maximum Gasteiger partial charge on any atom is 0.417 e. The smallest absolute Gasteiger partial charge is 0.417 e. The van der Waals surface area contributed by atoms with E-state index >= 15 is 0 Å². The van der Waals surface area contributed by atoms with Gasteiger partial charge in [0.2, 0.25) is 0 Å². The van der Waals surface area contributed by atoms with Crippen LogP contribution in [-0.2, 0) is 15.7 Å². The first-order valence-corrected chi connectivity index (χ1v) is 8.35. The van der Waals surface area contributed by atoms with Crippen LogP contribution in [0.1, 0.15) is 25.0 Å². The Kier molecular flexibility index (Phi) is 3.44. The topological polar surface area (TPSA) is 108 Å². The molecule has 146 valence electrons. The van der Waals surface area contributed by atoms with Crippen molar-refractivity contribution in [1.82, 2.24) is 0 Å². The van der Waals surface area contributed by atoms with Gasteiger partial charge in [-0.25, -0.2) is 0 Å². The monoisotopic (exact) mass is 391 g/mol. The summed E-state index contributed by atoms with van der Waals surface area (Å²) in [4.78, 5) is 14.0. The molecule has 10 heteroatoms. The minimum atomic E-state index is -4.83. The van der Waals surface area contributed by atoms with E-state index in [0.717, 1.165) is 17.0 Å². The van der Waals surface area contributed by atoms with Crippen molar-refractivity contribution in [2.75, 3.05) is 4.90 Å². The molecule has 2 bridgehead atoms. The van der Waals surface area contributed by atoms with Crippen LogP contribution in [0, 0.1) is 17.2 Å². The number of hydrogen-bond donors (Lipinski definition) is 1. The van der Waals surface area contributed by atoms with E-state index in [1.165, 1.54) is 13.0 Å². The quantitative estimate of drug-likeness (QED) is 0.618.